The zero-order valence-corrected chi connectivity index (χ0v) is 14.1. The highest BCUT2D eigenvalue weighted by Crippen LogP contribution is 2.41. The number of nitrogens with one attached hydrogen (secondary N) is 1. The minimum absolute atomic E-state index is 0.0514. The second kappa shape index (κ2) is 7.53. The topological polar surface area (TPSA) is 15.3 Å². The Morgan fingerprint density at radius 2 is 1.60 bits per heavy atom. The summed E-state index contributed by atoms with van der Waals surface area (Å²) >= 11 is 0. The van der Waals surface area contributed by atoms with Gasteiger partial charge in [-0.25, -0.2) is 0 Å². The Hall–Kier alpha value is -1.28. The SMILES string of the molecule is CC(C)C[C@H](c1cc(C(F)(F)F)ccc1C(F)(F)F)N1CCNCC1. The van der Waals surface area contributed by atoms with Crippen molar-refractivity contribution >= 4 is 0 Å². The molecule has 1 atom stereocenters. The molecule has 1 aromatic carbocycles. The van der Waals surface area contributed by atoms with Crippen LogP contribution in [0.2, 0.25) is 0 Å². The van der Waals surface area contributed by atoms with Gasteiger partial charge in [0.1, 0.15) is 0 Å². The molecule has 0 spiro atoms. The van der Waals surface area contributed by atoms with Crippen LogP contribution in [0, 0.1) is 5.92 Å². The molecule has 1 fully saturated rings. The Morgan fingerprint density at radius 3 is 2.08 bits per heavy atom. The van der Waals surface area contributed by atoms with Crippen LogP contribution in [-0.2, 0) is 12.4 Å². The summed E-state index contributed by atoms with van der Waals surface area (Å²) in [6.45, 7) is 5.94. The van der Waals surface area contributed by atoms with Crippen LogP contribution in [0.4, 0.5) is 26.3 Å². The van der Waals surface area contributed by atoms with Crippen molar-refractivity contribution in [3.63, 3.8) is 0 Å². The van der Waals surface area contributed by atoms with E-state index in [1.54, 1.807) is 0 Å². The van der Waals surface area contributed by atoms with Gasteiger partial charge in [-0.05, 0) is 36.1 Å². The minimum Gasteiger partial charge on any atom is -0.314 e. The molecule has 1 N–H and O–H groups in total. The molecule has 0 bridgehead atoms. The number of hydrogen-bond donors (Lipinski definition) is 1. The lowest BCUT2D eigenvalue weighted by Gasteiger charge is -2.37. The van der Waals surface area contributed by atoms with Crippen molar-refractivity contribution in [1.82, 2.24) is 10.2 Å². The Bertz CT molecular complexity index is 573. The summed E-state index contributed by atoms with van der Waals surface area (Å²) in [5.41, 5.74) is -2.30. The number of nitrogens with zero attached hydrogens (tertiary/aromatic N) is 1. The fourth-order valence-electron chi connectivity index (χ4n) is 3.19. The molecular formula is C17H22F6N2. The smallest absolute Gasteiger partial charge is 0.314 e. The minimum atomic E-state index is -4.69. The highest BCUT2D eigenvalue weighted by Gasteiger charge is 2.39. The molecule has 0 aliphatic carbocycles. The van der Waals surface area contributed by atoms with Crippen LogP contribution in [0.3, 0.4) is 0 Å². The van der Waals surface area contributed by atoms with Crippen LogP contribution < -0.4 is 5.32 Å². The first kappa shape index (κ1) is 20.0. The predicted molar refractivity (Wildman–Crippen MR) is 83.1 cm³/mol. The van der Waals surface area contributed by atoms with Gasteiger partial charge in [0.05, 0.1) is 11.1 Å². The standard InChI is InChI=1S/C17H22F6N2/c1-11(2)9-15(25-7-5-24-6-8-25)13-10-12(16(18,19)20)3-4-14(13)17(21,22)23/h3-4,10-11,15,24H,5-9H2,1-2H3/t15-/m1/s1. The van der Waals surface area contributed by atoms with Crippen molar-refractivity contribution in [2.45, 2.75) is 38.7 Å². The van der Waals surface area contributed by atoms with E-state index in [0.717, 1.165) is 0 Å². The quantitative estimate of drug-likeness (QED) is 0.774. The summed E-state index contributed by atoms with van der Waals surface area (Å²) in [5, 5.41) is 3.11. The summed E-state index contributed by atoms with van der Waals surface area (Å²) in [6, 6.07) is 1.06. The van der Waals surface area contributed by atoms with E-state index in [1.165, 1.54) is 0 Å². The fourth-order valence-corrected chi connectivity index (χ4v) is 3.19. The highest BCUT2D eigenvalue weighted by atomic mass is 19.4. The third kappa shape index (κ3) is 5.10. The molecule has 1 heterocycles. The highest BCUT2D eigenvalue weighted by molar-refractivity contribution is 5.38. The Labute approximate surface area is 143 Å². The predicted octanol–water partition coefficient (Wildman–Crippen LogP) is 4.72. The second-order valence-electron chi connectivity index (χ2n) is 6.73. The van der Waals surface area contributed by atoms with Crippen LogP contribution in [0.15, 0.2) is 18.2 Å². The zero-order chi connectivity index (χ0) is 18.8. The van der Waals surface area contributed by atoms with Gasteiger partial charge in [0.2, 0.25) is 0 Å². The lowest BCUT2D eigenvalue weighted by atomic mass is 9.90. The maximum atomic E-state index is 13.4. The molecule has 0 saturated carbocycles. The third-order valence-corrected chi connectivity index (χ3v) is 4.33. The molecule has 25 heavy (non-hydrogen) atoms. The molecule has 2 nitrogen and oxygen atoms in total. The first-order valence-corrected chi connectivity index (χ1v) is 8.23. The fraction of sp³-hybridized carbons (Fsp3) is 0.647. The molecular weight excluding hydrogens is 346 g/mol. The van der Waals surface area contributed by atoms with E-state index >= 15 is 0 Å². The van der Waals surface area contributed by atoms with Crippen LogP contribution in [-0.4, -0.2) is 31.1 Å². The molecule has 0 aromatic heterocycles. The second-order valence-corrected chi connectivity index (χ2v) is 6.73. The third-order valence-electron chi connectivity index (χ3n) is 4.33. The molecule has 2 rings (SSSR count). The summed E-state index contributed by atoms with van der Waals surface area (Å²) in [5.74, 6) is 0.0514. The normalized spacial score (nSPS) is 18.6. The first-order valence-electron chi connectivity index (χ1n) is 8.23. The lowest BCUT2D eigenvalue weighted by molar-refractivity contribution is -0.142. The molecule has 8 heteroatoms. The molecule has 1 aliphatic rings. The number of benzene rings is 1. The molecule has 0 radical (unpaired) electrons. The Morgan fingerprint density at radius 1 is 1.00 bits per heavy atom. The zero-order valence-electron chi connectivity index (χ0n) is 14.1. The number of piperazine rings is 1. The van der Waals surface area contributed by atoms with Crippen molar-refractivity contribution in [2.24, 2.45) is 5.92 Å². The summed E-state index contributed by atoms with van der Waals surface area (Å²) in [7, 11) is 0. The van der Waals surface area contributed by atoms with Gasteiger partial charge in [0, 0.05) is 32.2 Å². The van der Waals surface area contributed by atoms with Crippen molar-refractivity contribution in [2.75, 3.05) is 26.2 Å². The van der Waals surface area contributed by atoms with Crippen molar-refractivity contribution in [3.05, 3.63) is 34.9 Å². The van der Waals surface area contributed by atoms with E-state index in [-0.39, 0.29) is 11.5 Å². The average Bonchev–Trinajstić information content (AvgIpc) is 2.51. The van der Waals surface area contributed by atoms with Gasteiger partial charge in [-0.2, -0.15) is 26.3 Å². The van der Waals surface area contributed by atoms with Gasteiger partial charge in [0.25, 0.3) is 0 Å². The number of halogens is 6. The summed E-state index contributed by atoms with van der Waals surface area (Å²) in [4.78, 5) is 1.85. The van der Waals surface area contributed by atoms with Crippen molar-refractivity contribution in [1.29, 1.82) is 0 Å². The monoisotopic (exact) mass is 368 g/mol. The van der Waals surface area contributed by atoms with E-state index < -0.39 is 29.5 Å². The molecule has 0 amide bonds. The van der Waals surface area contributed by atoms with Gasteiger partial charge in [-0.3, -0.25) is 4.90 Å². The van der Waals surface area contributed by atoms with Gasteiger partial charge >= 0.3 is 12.4 Å². The van der Waals surface area contributed by atoms with Crippen molar-refractivity contribution < 1.29 is 26.3 Å². The molecule has 0 unspecified atom stereocenters. The van der Waals surface area contributed by atoms with E-state index in [2.05, 4.69) is 5.32 Å². The van der Waals surface area contributed by atoms with E-state index in [4.69, 9.17) is 0 Å². The molecule has 1 aliphatic heterocycles. The molecule has 1 saturated heterocycles. The number of rotatable bonds is 4. The van der Waals surface area contributed by atoms with E-state index in [1.807, 2.05) is 18.7 Å². The van der Waals surface area contributed by atoms with Crippen LogP contribution in [0.5, 0.6) is 0 Å². The van der Waals surface area contributed by atoms with Crippen LogP contribution in [0.25, 0.3) is 0 Å². The Kier molecular flexibility index (Phi) is 6.04. The van der Waals surface area contributed by atoms with Crippen molar-refractivity contribution in [3.8, 4) is 0 Å². The lowest BCUT2D eigenvalue weighted by Crippen LogP contribution is -2.45. The maximum absolute atomic E-state index is 13.4. The summed E-state index contributed by atoms with van der Waals surface area (Å²) in [6.07, 6.45) is -9.00. The van der Waals surface area contributed by atoms with Gasteiger partial charge in [-0.15, -0.1) is 0 Å². The average molecular weight is 368 g/mol. The van der Waals surface area contributed by atoms with Gasteiger partial charge in [-0.1, -0.05) is 13.8 Å². The summed E-state index contributed by atoms with van der Waals surface area (Å²) < 4.78 is 79.5. The molecule has 142 valence electrons. The largest absolute Gasteiger partial charge is 0.416 e. The van der Waals surface area contributed by atoms with Crippen LogP contribution in [0.1, 0.15) is 43.0 Å². The number of alkyl halides is 6. The first-order chi connectivity index (χ1) is 11.5. The Balaban J connectivity index is 2.55. The van der Waals surface area contributed by atoms with Gasteiger partial charge < -0.3 is 5.32 Å². The number of hydrogen-bond acceptors (Lipinski definition) is 2. The molecule has 1 aromatic rings. The maximum Gasteiger partial charge on any atom is 0.416 e. The van der Waals surface area contributed by atoms with E-state index in [0.29, 0.717) is 50.8 Å². The van der Waals surface area contributed by atoms with E-state index in [9.17, 15) is 26.3 Å². The van der Waals surface area contributed by atoms with Gasteiger partial charge in [0.15, 0.2) is 0 Å². The van der Waals surface area contributed by atoms with Crippen LogP contribution >= 0.6 is 0 Å².